The van der Waals surface area contributed by atoms with E-state index in [9.17, 15) is 26.8 Å². The molecule has 2 N–H and O–H groups in total. The van der Waals surface area contributed by atoms with Crippen LogP contribution in [-0.4, -0.2) is 48.5 Å². The van der Waals surface area contributed by atoms with Crippen molar-refractivity contribution in [1.29, 1.82) is 0 Å². The molecule has 1 aromatic heterocycles. The van der Waals surface area contributed by atoms with Gasteiger partial charge in [-0.3, -0.25) is 9.59 Å². The van der Waals surface area contributed by atoms with Crippen molar-refractivity contribution in [2.75, 3.05) is 12.8 Å². The molecule has 176 valence electrons. The fraction of sp³-hybridized carbons (Fsp3) is 0.409. The van der Waals surface area contributed by atoms with E-state index >= 15 is 0 Å². The molecule has 2 atom stereocenters. The molecule has 4 rings (SSSR count). The highest BCUT2D eigenvalue weighted by atomic mass is 35.5. The number of amides is 2. The van der Waals surface area contributed by atoms with Gasteiger partial charge in [0.2, 0.25) is 5.91 Å². The van der Waals surface area contributed by atoms with Gasteiger partial charge in [-0.1, -0.05) is 11.6 Å². The molecule has 2 aliphatic rings. The van der Waals surface area contributed by atoms with Gasteiger partial charge in [0.15, 0.2) is 14.9 Å². The van der Waals surface area contributed by atoms with Gasteiger partial charge < -0.3 is 10.6 Å². The third kappa shape index (κ3) is 4.10. The van der Waals surface area contributed by atoms with Crippen LogP contribution in [0.1, 0.15) is 47.5 Å². The molecule has 1 saturated heterocycles. The highest BCUT2D eigenvalue weighted by molar-refractivity contribution is 7.90. The first-order valence-corrected chi connectivity index (χ1v) is 12.7. The zero-order valence-electron chi connectivity index (χ0n) is 17.7. The quantitative estimate of drug-likeness (QED) is 0.617. The van der Waals surface area contributed by atoms with Crippen molar-refractivity contribution in [2.24, 2.45) is 11.7 Å². The average Bonchev–Trinajstić information content (AvgIpc) is 3.48. The number of nitrogens with two attached hydrogens (primary N) is 1. The molecule has 2 fully saturated rings. The van der Waals surface area contributed by atoms with Crippen LogP contribution in [0.4, 0.5) is 8.78 Å². The lowest BCUT2D eigenvalue weighted by Gasteiger charge is -2.42. The Morgan fingerprint density at radius 3 is 2.48 bits per heavy atom. The smallest absolute Gasteiger partial charge is 0.256 e. The monoisotopic (exact) mass is 497 g/mol. The number of aromatic nitrogens is 1. The number of rotatable bonds is 6. The summed E-state index contributed by atoms with van der Waals surface area (Å²) in [7, 11) is -3.56. The second kappa shape index (κ2) is 8.32. The van der Waals surface area contributed by atoms with Gasteiger partial charge in [0.25, 0.3) is 5.91 Å². The molecule has 0 bridgehead atoms. The Bertz CT molecular complexity index is 1230. The normalized spacial score (nSPS) is 21.8. The average molecular weight is 498 g/mol. The van der Waals surface area contributed by atoms with E-state index < -0.39 is 44.7 Å². The van der Waals surface area contributed by atoms with Gasteiger partial charge in [0, 0.05) is 24.9 Å². The Labute approximate surface area is 194 Å². The molecule has 2 heterocycles. The largest absolute Gasteiger partial charge is 0.368 e. The summed E-state index contributed by atoms with van der Waals surface area (Å²) >= 11 is 5.73. The van der Waals surface area contributed by atoms with E-state index in [2.05, 4.69) is 4.98 Å². The number of likely N-dealkylation sites (tertiary alicyclic amines) is 1. The van der Waals surface area contributed by atoms with Gasteiger partial charge >= 0.3 is 0 Å². The molecule has 1 aliphatic carbocycles. The first-order chi connectivity index (χ1) is 15.5. The molecule has 1 aromatic carbocycles. The van der Waals surface area contributed by atoms with Crippen molar-refractivity contribution in [3.8, 4) is 0 Å². The van der Waals surface area contributed by atoms with Crippen LogP contribution < -0.4 is 5.73 Å². The number of nitrogens with zero attached hydrogens (tertiary/aromatic N) is 2. The van der Waals surface area contributed by atoms with Crippen molar-refractivity contribution in [1.82, 2.24) is 9.88 Å². The molecule has 1 aliphatic heterocycles. The van der Waals surface area contributed by atoms with Crippen molar-refractivity contribution in [3.63, 3.8) is 0 Å². The van der Waals surface area contributed by atoms with E-state index in [0.29, 0.717) is 19.3 Å². The van der Waals surface area contributed by atoms with Crippen LogP contribution in [0.25, 0.3) is 0 Å². The lowest BCUT2D eigenvalue weighted by atomic mass is 9.73. The number of benzene rings is 1. The third-order valence-corrected chi connectivity index (χ3v) is 7.73. The first kappa shape index (κ1) is 23.6. The molecule has 2 aromatic rings. The molecular weight excluding hydrogens is 476 g/mol. The van der Waals surface area contributed by atoms with Gasteiger partial charge in [0.1, 0.15) is 17.2 Å². The predicted octanol–water partition coefficient (Wildman–Crippen LogP) is 3.07. The van der Waals surface area contributed by atoms with E-state index in [0.717, 1.165) is 24.6 Å². The lowest BCUT2D eigenvalue weighted by molar-refractivity contribution is -0.129. The number of hydrogen-bond donors (Lipinski definition) is 1. The Morgan fingerprint density at radius 2 is 1.94 bits per heavy atom. The van der Waals surface area contributed by atoms with Crippen LogP contribution in [0.15, 0.2) is 35.5 Å². The molecular formula is C22H22ClF2N3O4S. The molecule has 0 radical (unpaired) electrons. The first-order valence-electron chi connectivity index (χ1n) is 10.4. The van der Waals surface area contributed by atoms with Gasteiger partial charge in [-0.15, -0.1) is 0 Å². The number of halogens is 3. The highest BCUT2D eigenvalue weighted by Gasteiger charge is 2.59. The molecule has 2 amide bonds. The van der Waals surface area contributed by atoms with E-state index in [1.165, 1.54) is 17.0 Å². The van der Waals surface area contributed by atoms with Gasteiger partial charge in [-0.2, -0.15) is 0 Å². The molecule has 11 heteroatoms. The Balaban J connectivity index is 1.80. The number of carbonyl (C=O) groups excluding carboxylic acids is 2. The number of hydrogen-bond acceptors (Lipinski definition) is 5. The number of sulfone groups is 1. The second-order valence-electron chi connectivity index (χ2n) is 8.61. The Kier molecular flexibility index (Phi) is 5.94. The fourth-order valence-electron chi connectivity index (χ4n) is 4.85. The van der Waals surface area contributed by atoms with Crippen LogP contribution in [0.5, 0.6) is 0 Å². The highest BCUT2D eigenvalue weighted by Crippen LogP contribution is 2.54. The third-order valence-electron chi connectivity index (χ3n) is 6.44. The minimum atomic E-state index is -3.56. The van der Waals surface area contributed by atoms with Crippen molar-refractivity contribution < 1.29 is 26.8 Å². The Hall–Kier alpha value is -2.59. The van der Waals surface area contributed by atoms with E-state index in [-0.39, 0.29) is 40.1 Å². The minimum Gasteiger partial charge on any atom is -0.368 e. The van der Waals surface area contributed by atoms with Crippen LogP contribution in [0.2, 0.25) is 5.02 Å². The maximum absolute atomic E-state index is 15.0. The summed E-state index contributed by atoms with van der Waals surface area (Å²) in [6.07, 6.45) is 4.09. The fourth-order valence-corrected chi connectivity index (χ4v) is 5.56. The zero-order chi connectivity index (χ0) is 24.1. The second-order valence-corrected chi connectivity index (χ2v) is 11.0. The summed E-state index contributed by atoms with van der Waals surface area (Å²) in [6.45, 7) is 0.177. The maximum atomic E-state index is 15.0. The summed E-state index contributed by atoms with van der Waals surface area (Å²) in [4.78, 5) is 31.6. The van der Waals surface area contributed by atoms with Gasteiger partial charge in [-0.05, 0) is 61.4 Å². The number of pyridine rings is 1. The maximum Gasteiger partial charge on any atom is 0.256 e. The van der Waals surface area contributed by atoms with E-state index in [1.54, 1.807) is 0 Å². The van der Waals surface area contributed by atoms with E-state index in [4.69, 9.17) is 17.3 Å². The summed E-state index contributed by atoms with van der Waals surface area (Å²) in [5, 5.41) is -0.577. The number of primary amides is 1. The van der Waals surface area contributed by atoms with Crippen LogP contribution >= 0.6 is 11.6 Å². The van der Waals surface area contributed by atoms with Crippen LogP contribution in [-0.2, 0) is 14.6 Å². The summed E-state index contributed by atoms with van der Waals surface area (Å²) in [5.41, 5.74) is 4.32. The number of carbonyl (C=O) groups is 2. The minimum absolute atomic E-state index is 0.0385. The summed E-state index contributed by atoms with van der Waals surface area (Å²) in [6, 6.07) is 4.36. The molecule has 0 spiro atoms. The predicted molar refractivity (Wildman–Crippen MR) is 116 cm³/mol. The topological polar surface area (TPSA) is 110 Å². The zero-order valence-corrected chi connectivity index (χ0v) is 19.3. The van der Waals surface area contributed by atoms with Crippen molar-refractivity contribution in [3.05, 3.63) is 58.2 Å². The Morgan fingerprint density at radius 1 is 1.24 bits per heavy atom. The summed E-state index contributed by atoms with van der Waals surface area (Å²) in [5.74, 6) is -3.99. The van der Waals surface area contributed by atoms with Crippen molar-refractivity contribution in [2.45, 2.75) is 42.2 Å². The molecule has 7 nitrogen and oxygen atoms in total. The van der Waals surface area contributed by atoms with Crippen LogP contribution in [0, 0.1) is 17.6 Å². The summed E-state index contributed by atoms with van der Waals surface area (Å²) < 4.78 is 52.7. The molecule has 33 heavy (non-hydrogen) atoms. The lowest BCUT2D eigenvalue weighted by Crippen LogP contribution is -2.60. The van der Waals surface area contributed by atoms with Crippen molar-refractivity contribution >= 4 is 33.3 Å². The SMILES string of the molecule is CS(=O)(=O)c1ccc(C(=O)N2CCC[C@@]2(C(N)=O)[C@@H](c2cc(F)c(Cl)cc2F)C2CC2)cn1. The van der Waals surface area contributed by atoms with Gasteiger partial charge in [-0.25, -0.2) is 22.2 Å². The molecule has 1 saturated carbocycles. The molecule has 0 unspecified atom stereocenters. The van der Waals surface area contributed by atoms with Gasteiger partial charge in [0.05, 0.1) is 10.6 Å². The standard InChI is InChI=1S/C22H22ClF2N3O4S/c1-33(31,32)18-6-5-13(11-27-18)20(29)28-8-2-7-22(28,21(26)30)19(12-3-4-12)14-9-17(25)15(23)10-16(14)24/h5-6,9-12,19H,2-4,7-8H2,1H3,(H2,26,30)/t19-,22+/m1/s1. The van der Waals surface area contributed by atoms with E-state index in [1.807, 2.05) is 0 Å². The van der Waals surface area contributed by atoms with Crippen LogP contribution in [0.3, 0.4) is 0 Å².